The molecule has 0 aliphatic rings. The number of carbonyl (C=O) groups excluding carboxylic acids is 1. The van der Waals surface area contributed by atoms with Crippen LogP contribution in [0.1, 0.15) is 22.1 Å². The standard InChI is InChI=1S/C16H12N2O3/c19-15(12-7-3-1-4-8-12)16-17-14(21-18-16)11-20-13-9-5-2-6-10-13/h1-10H,11H2. The predicted molar refractivity (Wildman–Crippen MR) is 74.9 cm³/mol. The number of hydrogen-bond donors (Lipinski definition) is 0. The van der Waals surface area contributed by atoms with E-state index in [1.54, 1.807) is 24.3 Å². The highest BCUT2D eigenvalue weighted by atomic mass is 16.5. The molecule has 0 atom stereocenters. The van der Waals surface area contributed by atoms with Gasteiger partial charge in [0.15, 0.2) is 6.61 Å². The first-order valence-corrected chi connectivity index (χ1v) is 6.43. The van der Waals surface area contributed by atoms with Gasteiger partial charge in [0.2, 0.25) is 11.6 Å². The van der Waals surface area contributed by atoms with Gasteiger partial charge >= 0.3 is 0 Å². The molecule has 1 aromatic heterocycles. The third kappa shape index (κ3) is 3.14. The summed E-state index contributed by atoms with van der Waals surface area (Å²) in [5.74, 6) is 0.725. The Morgan fingerprint density at radius 3 is 2.38 bits per heavy atom. The van der Waals surface area contributed by atoms with E-state index in [1.807, 2.05) is 36.4 Å². The molecular weight excluding hydrogens is 268 g/mol. The molecule has 3 rings (SSSR count). The van der Waals surface area contributed by atoms with Gasteiger partial charge in [0.25, 0.3) is 5.89 Å². The van der Waals surface area contributed by atoms with E-state index >= 15 is 0 Å². The summed E-state index contributed by atoms with van der Waals surface area (Å²) < 4.78 is 10.5. The smallest absolute Gasteiger partial charge is 0.264 e. The van der Waals surface area contributed by atoms with Crippen molar-refractivity contribution in [3.63, 3.8) is 0 Å². The fourth-order valence-electron chi connectivity index (χ4n) is 1.79. The lowest BCUT2D eigenvalue weighted by atomic mass is 10.1. The van der Waals surface area contributed by atoms with Crippen LogP contribution in [0.25, 0.3) is 0 Å². The molecule has 5 nitrogen and oxygen atoms in total. The molecule has 0 amide bonds. The van der Waals surface area contributed by atoms with Gasteiger partial charge in [-0.15, -0.1) is 0 Å². The first-order chi connectivity index (χ1) is 10.3. The molecule has 0 fully saturated rings. The fraction of sp³-hybridized carbons (Fsp3) is 0.0625. The molecule has 21 heavy (non-hydrogen) atoms. The number of rotatable bonds is 5. The molecule has 0 N–H and O–H groups in total. The molecule has 5 heteroatoms. The van der Waals surface area contributed by atoms with E-state index in [1.165, 1.54) is 0 Å². The summed E-state index contributed by atoms with van der Waals surface area (Å²) in [4.78, 5) is 16.2. The van der Waals surface area contributed by atoms with Crippen LogP contribution < -0.4 is 4.74 Å². The lowest BCUT2D eigenvalue weighted by molar-refractivity contribution is 0.102. The van der Waals surface area contributed by atoms with Crippen LogP contribution in [0.5, 0.6) is 5.75 Å². The van der Waals surface area contributed by atoms with Gasteiger partial charge in [0.1, 0.15) is 5.75 Å². The molecule has 104 valence electrons. The summed E-state index contributed by atoms with van der Waals surface area (Å²) in [6, 6.07) is 18.1. The van der Waals surface area contributed by atoms with E-state index < -0.39 is 0 Å². The Labute approximate surface area is 121 Å². The van der Waals surface area contributed by atoms with Gasteiger partial charge in [-0.1, -0.05) is 53.7 Å². The van der Waals surface area contributed by atoms with Crippen molar-refractivity contribution in [1.82, 2.24) is 10.1 Å². The lowest BCUT2D eigenvalue weighted by Gasteiger charge is -2.01. The van der Waals surface area contributed by atoms with E-state index in [-0.39, 0.29) is 24.1 Å². The zero-order valence-electron chi connectivity index (χ0n) is 11.1. The molecule has 0 spiro atoms. The zero-order chi connectivity index (χ0) is 14.5. The first kappa shape index (κ1) is 13.1. The second-order valence-electron chi connectivity index (χ2n) is 4.31. The number of benzene rings is 2. The Bertz CT molecular complexity index is 724. The molecule has 2 aromatic carbocycles. The Balaban J connectivity index is 1.68. The maximum absolute atomic E-state index is 12.1. The minimum absolute atomic E-state index is 0.0351. The molecule has 0 radical (unpaired) electrons. The summed E-state index contributed by atoms with van der Waals surface area (Å²) in [6.45, 7) is 0.124. The number of nitrogens with zero attached hydrogens (tertiary/aromatic N) is 2. The van der Waals surface area contributed by atoms with Crippen LogP contribution in [0.15, 0.2) is 65.2 Å². The highest BCUT2D eigenvalue weighted by Crippen LogP contribution is 2.12. The van der Waals surface area contributed by atoms with Crippen molar-refractivity contribution in [2.24, 2.45) is 0 Å². The van der Waals surface area contributed by atoms with Crippen molar-refractivity contribution in [2.45, 2.75) is 6.61 Å². The van der Waals surface area contributed by atoms with E-state index in [0.29, 0.717) is 11.3 Å². The van der Waals surface area contributed by atoms with Crippen molar-refractivity contribution in [1.29, 1.82) is 0 Å². The third-order valence-electron chi connectivity index (χ3n) is 2.81. The zero-order valence-corrected chi connectivity index (χ0v) is 11.1. The highest BCUT2D eigenvalue weighted by Gasteiger charge is 2.16. The number of ketones is 1. The Morgan fingerprint density at radius 2 is 1.67 bits per heavy atom. The van der Waals surface area contributed by atoms with Gasteiger partial charge in [-0.2, -0.15) is 4.98 Å². The molecule has 3 aromatic rings. The van der Waals surface area contributed by atoms with Crippen molar-refractivity contribution >= 4 is 5.78 Å². The van der Waals surface area contributed by atoms with Gasteiger partial charge in [-0.05, 0) is 12.1 Å². The maximum Gasteiger partial charge on any atom is 0.264 e. The van der Waals surface area contributed by atoms with E-state index in [2.05, 4.69) is 10.1 Å². The van der Waals surface area contributed by atoms with Crippen LogP contribution in [-0.2, 0) is 6.61 Å². The van der Waals surface area contributed by atoms with Crippen molar-refractivity contribution in [3.8, 4) is 5.75 Å². The molecule has 0 aliphatic heterocycles. The van der Waals surface area contributed by atoms with Gasteiger partial charge in [-0.25, -0.2) is 0 Å². The van der Waals surface area contributed by atoms with Crippen LogP contribution in [0, 0.1) is 0 Å². The second-order valence-corrected chi connectivity index (χ2v) is 4.31. The van der Waals surface area contributed by atoms with Gasteiger partial charge in [-0.3, -0.25) is 4.79 Å². The molecule has 0 saturated carbocycles. The summed E-state index contributed by atoms with van der Waals surface area (Å²) in [6.07, 6.45) is 0. The number of hydrogen-bond acceptors (Lipinski definition) is 5. The fourth-order valence-corrected chi connectivity index (χ4v) is 1.79. The highest BCUT2D eigenvalue weighted by molar-refractivity contribution is 6.06. The molecular formula is C16H12N2O3. The predicted octanol–water partition coefficient (Wildman–Crippen LogP) is 2.88. The molecule has 0 aliphatic carbocycles. The number of carbonyl (C=O) groups is 1. The SMILES string of the molecule is O=C(c1ccccc1)c1noc(COc2ccccc2)n1. The molecule has 0 saturated heterocycles. The minimum Gasteiger partial charge on any atom is -0.484 e. The van der Waals surface area contributed by atoms with Gasteiger partial charge < -0.3 is 9.26 Å². The van der Waals surface area contributed by atoms with Crippen LogP contribution in [0.3, 0.4) is 0 Å². The van der Waals surface area contributed by atoms with E-state index in [9.17, 15) is 4.79 Å². The largest absolute Gasteiger partial charge is 0.484 e. The van der Waals surface area contributed by atoms with Crippen molar-refractivity contribution in [2.75, 3.05) is 0 Å². The molecule has 0 unspecified atom stereocenters. The number of para-hydroxylation sites is 1. The lowest BCUT2D eigenvalue weighted by Crippen LogP contribution is -2.04. The third-order valence-corrected chi connectivity index (χ3v) is 2.81. The first-order valence-electron chi connectivity index (χ1n) is 6.43. The average molecular weight is 280 g/mol. The number of aromatic nitrogens is 2. The Hall–Kier alpha value is -2.95. The second kappa shape index (κ2) is 6.00. The average Bonchev–Trinajstić information content (AvgIpc) is 3.03. The monoisotopic (exact) mass is 280 g/mol. The summed E-state index contributed by atoms with van der Waals surface area (Å²) in [5, 5.41) is 3.69. The number of ether oxygens (including phenoxy) is 1. The van der Waals surface area contributed by atoms with Crippen LogP contribution in [0.2, 0.25) is 0 Å². The molecule has 1 heterocycles. The Kier molecular flexibility index (Phi) is 3.73. The summed E-state index contributed by atoms with van der Waals surface area (Å²) in [7, 11) is 0. The summed E-state index contributed by atoms with van der Waals surface area (Å²) in [5.41, 5.74) is 0.522. The van der Waals surface area contributed by atoms with Gasteiger partial charge in [0.05, 0.1) is 0 Å². The normalized spacial score (nSPS) is 10.3. The van der Waals surface area contributed by atoms with Crippen LogP contribution in [0.4, 0.5) is 0 Å². The van der Waals surface area contributed by atoms with Gasteiger partial charge in [0, 0.05) is 5.56 Å². The quantitative estimate of drug-likeness (QED) is 0.672. The van der Waals surface area contributed by atoms with E-state index in [4.69, 9.17) is 9.26 Å². The Morgan fingerprint density at radius 1 is 1.00 bits per heavy atom. The molecule has 0 bridgehead atoms. The van der Waals surface area contributed by atoms with Crippen LogP contribution >= 0.6 is 0 Å². The van der Waals surface area contributed by atoms with Crippen molar-refractivity contribution in [3.05, 3.63) is 77.9 Å². The minimum atomic E-state index is -0.273. The maximum atomic E-state index is 12.1. The van der Waals surface area contributed by atoms with Crippen molar-refractivity contribution < 1.29 is 14.1 Å². The summed E-state index contributed by atoms with van der Waals surface area (Å²) >= 11 is 0. The van der Waals surface area contributed by atoms with Crippen LogP contribution in [-0.4, -0.2) is 15.9 Å². The van der Waals surface area contributed by atoms with E-state index in [0.717, 1.165) is 0 Å². The topological polar surface area (TPSA) is 65.2 Å².